The molecule has 0 saturated heterocycles. The standard InChI is InChI=1S/C15H15NO2S.C2H6/c17-15(18)14(11-4-2-1-3-5-11)16-8-6-13-12(10-16)7-9-19-13;1-2/h1-5,7,9,14H,6,8,10H2,(H,17,18);1-2H3. The second-order valence-electron chi connectivity index (χ2n) is 4.74. The van der Waals surface area contributed by atoms with Crippen LogP contribution in [0.4, 0.5) is 0 Å². The molecule has 3 nitrogen and oxygen atoms in total. The van der Waals surface area contributed by atoms with Crippen LogP contribution in [0.2, 0.25) is 0 Å². The zero-order valence-corrected chi connectivity index (χ0v) is 13.3. The number of aliphatic carboxylic acids is 1. The summed E-state index contributed by atoms with van der Waals surface area (Å²) in [6.45, 7) is 5.53. The van der Waals surface area contributed by atoms with Crippen LogP contribution in [0, 0.1) is 0 Å². The van der Waals surface area contributed by atoms with Gasteiger partial charge in [0.2, 0.25) is 0 Å². The van der Waals surface area contributed by atoms with Crippen LogP contribution in [0.3, 0.4) is 0 Å². The topological polar surface area (TPSA) is 40.5 Å². The SMILES string of the molecule is CC.O=C(O)C(c1ccccc1)N1CCc2sccc2C1. The first-order chi connectivity index (χ1) is 10.3. The monoisotopic (exact) mass is 303 g/mol. The van der Waals surface area contributed by atoms with Gasteiger partial charge in [-0.15, -0.1) is 11.3 Å². The molecule has 21 heavy (non-hydrogen) atoms. The Bertz CT molecular complexity index is 579. The molecule has 112 valence electrons. The maximum atomic E-state index is 11.6. The van der Waals surface area contributed by atoms with Gasteiger partial charge in [0.05, 0.1) is 0 Å². The quantitative estimate of drug-likeness (QED) is 0.933. The number of hydrogen-bond acceptors (Lipinski definition) is 3. The minimum absolute atomic E-state index is 0.547. The van der Waals surface area contributed by atoms with E-state index in [0.717, 1.165) is 25.1 Å². The normalized spacial score (nSPS) is 15.5. The Morgan fingerprint density at radius 3 is 2.62 bits per heavy atom. The summed E-state index contributed by atoms with van der Waals surface area (Å²) < 4.78 is 0. The third-order valence-corrected chi connectivity index (χ3v) is 4.57. The molecule has 1 aliphatic rings. The molecule has 1 atom stereocenters. The Morgan fingerprint density at radius 1 is 1.24 bits per heavy atom. The third kappa shape index (κ3) is 3.52. The predicted octanol–water partition coefficient (Wildman–Crippen LogP) is 3.96. The van der Waals surface area contributed by atoms with Gasteiger partial charge in [-0.1, -0.05) is 44.2 Å². The van der Waals surface area contributed by atoms with Crippen LogP contribution in [0.25, 0.3) is 0 Å². The Morgan fingerprint density at radius 2 is 1.95 bits per heavy atom. The summed E-state index contributed by atoms with van der Waals surface area (Å²) in [5, 5.41) is 11.6. The van der Waals surface area contributed by atoms with Crippen molar-refractivity contribution in [2.24, 2.45) is 0 Å². The molecule has 0 bridgehead atoms. The van der Waals surface area contributed by atoms with E-state index in [9.17, 15) is 9.90 Å². The van der Waals surface area contributed by atoms with Crippen molar-refractivity contribution in [3.05, 3.63) is 57.8 Å². The first-order valence-corrected chi connectivity index (χ1v) is 8.21. The van der Waals surface area contributed by atoms with Gasteiger partial charge in [0.1, 0.15) is 6.04 Å². The Balaban J connectivity index is 0.000000774. The number of thiophene rings is 1. The van der Waals surface area contributed by atoms with Gasteiger partial charge >= 0.3 is 5.97 Å². The van der Waals surface area contributed by atoms with Gasteiger partial charge in [0.15, 0.2) is 0 Å². The molecule has 2 heterocycles. The molecule has 2 aromatic rings. The lowest BCUT2D eigenvalue weighted by Gasteiger charge is -2.32. The van der Waals surface area contributed by atoms with E-state index in [0.29, 0.717) is 0 Å². The summed E-state index contributed by atoms with van der Waals surface area (Å²) >= 11 is 1.77. The van der Waals surface area contributed by atoms with Gasteiger partial charge in [-0.3, -0.25) is 9.69 Å². The molecule has 1 aliphatic heterocycles. The van der Waals surface area contributed by atoms with Crippen LogP contribution in [0.1, 0.15) is 35.9 Å². The van der Waals surface area contributed by atoms with Gasteiger partial charge < -0.3 is 5.11 Å². The number of nitrogens with zero attached hydrogens (tertiary/aromatic N) is 1. The first-order valence-electron chi connectivity index (χ1n) is 7.33. The Kier molecular flexibility index (Phi) is 5.53. The van der Waals surface area contributed by atoms with Crippen LogP contribution < -0.4 is 0 Å². The molecule has 0 saturated carbocycles. The lowest BCUT2D eigenvalue weighted by atomic mass is 10.0. The van der Waals surface area contributed by atoms with Crippen molar-refractivity contribution in [2.75, 3.05) is 6.54 Å². The number of carboxylic acid groups (broad SMARTS) is 1. The second kappa shape index (κ2) is 7.38. The summed E-state index contributed by atoms with van der Waals surface area (Å²) in [5.41, 5.74) is 2.13. The number of fused-ring (bicyclic) bond motifs is 1. The first kappa shape index (κ1) is 15.7. The van der Waals surface area contributed by atoms with E-state index in [1.165, 1.54) is 10.4 Å². The van der Waals surface area contributed by atoms with Crippen LogP contribution in [-0.4, -0.2) is 22.5 Å². The largest absolute Gasteiger partial charge is 0.480 e. The Hall–Kier alpha value is -1.65. The van der Waals surface area contributed by atoms with E-state index >= 15 is 0 Å². The molecule has 4 heteroatoms. The zero-order valence-electron chi connectivity index (χ0n) is 12.5. The highest BCUT2D eigenvalue weighted by atomic mass is 32.1. The number of hydrogen-bond donors (Lipinski definition) is 1. The minimum atomic E-state index is -0.773. The summed E-state index contributed by atoms with van der Waals surface area (Å²) in [5.74, 6) is -0.773. The minimum Gasteiger partial charge on any atom is -0.480 e. The molecular weight excluding hydrogens is 282 g/mol. The number of benzene rings is 1. The van der Waals surface area contributed by atoms with E-state index in [2.05, 4.69) is 11.4 Å². The van der Waals surface area contributed by atoms with E-state index < -0.39 is 12.0 Å². The number of rotatable bonds is 3. The predicted molar refractivity (Wildman–Crippen MR) is 86.6 cm³/mol. The van der Waals surface area contributed by atoms with Gasteiger partial charge in [-0.05, 0) is 29.0 Å². The van der Waals surface area contributed by atoms with Crippen molar-refractivity contribution in [1.29, 1.82) is 0 Å². The highest BCUT2D eigenvalue weighted by Gasteiger charge is 2.30. The van der Waals surface area contributed by atoms with E-state index in [1.807, 2.05) is 49.1 Å². The molecule has 0 amide bonds. The third-order valence-electron chi connectivity index (χ3n) is 3.55. The summed E-state index contributed by atoms with van der Waals surface area (Å²) in [4.78, 5) is 15.1. The molecule has 1 aromatic heterocycles. The molecule has 0 fully saturated rings. The van der Waals surface area contributed by atoms with Crippen molar-refractivity contribution in [2.45, 2.75) is 32.9 Å². The highest BCUT2D eigenvalue weighted by molar-refractivity contribution is 7.10. The van der Waals surface area contributed by atoms with Crippen LogP contribution in [0.15, 0.2) is 41.8 Å². The second-order valence-corrected chi connectivity index (χ2v) is 5.74. The fourth-order valence-corrected chi connectivity index (χ4v) is 3.53. The van der Waals surface area contributed by atoms with Crippen LogP contribution >= 0.6 is 11.3 Å². The molecule has 3 rings (SSSR count). The molecule has 1 N–H and O–H groups in total. The average molecular weight is 303 g/mol. The van der Waals surface area contributed by atoms with E-state index in [4.69, 9.17) is 0 Å². The summed E-state index contributed by atoms with van der Waals surface area (Å²) in [7, 11) is 0. The lowest BCUT2D eigenvalue weighted by molar-refractivity contribution is -0.144. The fourth-order valence-electron chi connectivity index (χ4n) is 2.64. The maximum absolute atomic E-state index is 11.6. The van der Waals surface area contributed by atoms with Gasteiger partial charge in [-0.2, -0.15) is 0 Å². The Labute approximate surface area is 129 Å². The van der Waals surface area contributed by atoms with Gasteiger partial charge in [0, 0.05) is 18.0 Å². The molecule has 1 aromatic carbocycles. The van der Waals surface area contributed by atoms with Crippen molar-refractivity contribution >= 4 is 17.3 Å². The van der Waals surface area contributed by atoms with Crippen LogP contribution in [-0.2, 0) is 17.8 Å². The van der Waals surface area contributed by atoms with Gasteiger partial charge in [0.25, 0.3) is 0 Å². The van der Waals surface area contributed by atoms with Crippen molar-refractivity contribution in [1.82, 2.24) is 4.90 Å². The zero-order chi connectivity index (χ0) is 15.2. The number of carboxylic acids is 1. The molecule has 0 radical (unpaired) electrons. The molecule has 0 spiro atoms. The fraction of sp³-hybridized carbons (Fsp3) is 0.353. The smallest absolute Gasteiger partial charge is 0.325 e. The molecular formula is C17H21NO2S. The average Bonchev–Trinajstić information content (AvgIpc) is 2.98. The van der Waals surface area contributed by atoms with Crippen LogP contribution in [0.5, 0.6) is 0 Å². The molecule has 0 aliphatic carbocycles. The maximum Gasteiger partial charge on any atom is 0.325 e. The van der Waals surface area contributed by atoms with Crippen molar-refractivity contribution in [3.63, 3.8) is 0 Å². The van der Waals surface area contributed by atoms with E-state index in [-0.39, 0.29) is 0 Å². The van der Waals surface area contributed by atoms with Gasteiger partial charge in [-0.25, -0.2) is 0 Å². The number of carbonyl (C=O) groups is 1. The van der Waals surface area contributed by atoms with Crippen molar-refractivity contribution < 1.29 is 9.90 Å². The lowest BCUT2D eigenvalue weighted by Crippen LogP contribution is -2.37. The molecule has 1 unspecified atom stereocenters. The van der Waals surface area contributed by atoms with Crippen molar-refractivity contribution in [3.8, 4) is 0 Å². The summed E-state index contributed by atoms with van der Waals surface area (Å²) in [6, 6.07) is 11.0. The van der Waals surface area contributed by atoms with E-state index in [1.54, 1.807) is 11.3 Å². The highest BCUT2D eigenvalue weighted by Crippen LogP contribution is 2.30. The summed E-state index contributed by atoms with van der Waals surface area (Å²) in [6.07, 6.45) is 0.948.